The zero-order chi connectivity index (χ0) is 25.8. The van der Waals surface area contributed by atoms with Crippen molar-refractivity contribution >= 4 is 28.9 Å². The van der Waals surface area contributed by atoms with E-state index < -0.39 is 30.4 Å². The molecule has 12 heteroatoms. The van der Waals surface area contributed by atoms with Gasteiger partial charge in [-0.1, -0.05) is 5.92 Å². The number of anilines is 1. The fraction of sp³-hybridized carbons (Fsp3) is 0.625. The molecule has 36 heavy (non-hydrogen) atoms. The SMILES string of the molecule is CCNC(=O)[C@H]1O[C@@H](n2cnc3c(N)nc(C#CCC4CCC(COC(C)=O)CC4)nc32)[C@@H](O)C1O. The van der Waals surface area contributed by atoms with Crippen LogP contribution in [0.1, 0.15) is 58.0 Å². The molecule has 2 fully saturated rings. The Labute approximate surface area is 208 Å². The molecule has 4 rings (SSSR count). The number of esters is 1. The molecule has 1 amide bonds. The van der Waals surface area contributed by atoms with E-state index in [0.29, 0.717) is 36.9 Å². The molecule has 194 valence electrons. The van der Waals surface area contributed by atoms with Crippen molar-refractivity contribution in [2.24, 2.45) is 11.8 Å². The largest absolute Gasteiger partial charge is 0.466 e. The summed E-state index contributed by atoms with van der Waals surface area (Å²) in [4.78, 5) is 36.1. The van der Waals surface area contributed by atoms with Crippen LogP contribution in [0, 0.1) is 23.7 Å². The van der Waals surface area contributed by atoms with Gasteiger partial charge in [0.1, 0.15) is 17.7 Å². The standard InChI is InChI=1S/C24H32N6O6/c1-3-26-23(34)20-18(32)19(33)24(36-20)30-12-27-17-21(25)28-16(29-22(17)30)6-4-5-14-7-9-15(10-8-14)11-35-13(2)31/h12,14-15,18-20,24,32-33H,3,5,7-11H2,1-2H3,(H,26,34)(H2,25,28,29)/t14?,15?,18?,19-,20-,24+/m0/s1. The van der Waals surface area contributed by atoms with Crippen LogP contribution in [0.4, 0.5) is 5.82 Å². The number of aliphatic hydroxyl groups excluding tert-OH is 2. The Kier molecular flexibility index (Phi) is 8.03. The number of rotatable bonds is 6. The number of nitrogens with two attached hydrogens (primary N) is 1. The molecule has 1 saturated heterocycles. The lowest BCUT2D eigenvalue weighted by Crippen LogP contribution is -2.42. The van der Waals surface area contributed by atoms with Crippen LogP contribution < -0.4 is 11.1 Å². The maximum atomic E-state index is 12.2. The van der Waals surface area contributed by atoms with Gasteiger partial charge in [0.15, 0.2) is 23.8 Å². The predicted molar refractivity (Wildman–Crippen MR) is 128 cm³/mol. The molecular weight excluding hydrogens is 468 g/mol. The van der Waals surface area contributed by atoms with Crippen LogP contribution >= 0.6 is 0 Å². The summed E-state index contributed by atoms with van der Waals surface area (Å²) in [6, 6.07) is 0. The molecule has 0 spiro atoms. The fourth-order valence-corrected chi connectivity index (χ4v) is 4.67. The van der Waals surface area contributed by atoms with E-state index in [1.807, 2.05) is 0 Å². The zero-order valence-electron chi connectivity index (χ0n) is 20.4. The van der Waals surface area contributed by atoms with Crippen LogP contribution in [0.15, 0.2) is 6.33 Å². The number of aromatic nitrogens is 4. The number of carbonyl (C=O) groups excluding carboxylic acids is 2. The zero-order valence-corrected chi connectivity index (χ0v) is 20.4. The van der Waals surface area contributed by atoms with E-state index in [-0.39, 0.29) is 23.3 Å². The maximum absolute atomic E-state index is 12.2. The number of amides is 1. The number of hydrogen-bond acceptors (Lipinski definition) is 10. The van der Waals surface area contributed by atoms with Gasteiger partial charge in [-0.25, -0.2) is 15.0 Å². The lowest BCUT2D eigenvalue weighted by molar-refractivity contribution is -0.142. The van der Waals surface area contributed by atoms with E-state index >= 15 is 0 Å². The highest BCUT2D eigenvalue weighted by Crippen LogP contribution is 2.33. The highest BCUT2D eigenvalue weighted by atomic mass is 16.6. The van der Waals surface area contributed by atoms with Gasteiger partial charge in [-0.3, -0.25) is 14.2 Å². The van der Waals surface area contributed by atoms with Gasteiger partial charge in [0.2, 0.25) is 5.82 Å². The second-order valence-corrected chi connectivity index (χ2v) is 9.27. The molecule has 1 aliphatic carbocycles. The second kappa shape index (κ2) is 11.2. The Morgan fingerprint density at radius 1 is 1.22 bits per heavy atom. The first kappa shape index (κ1) is 25.8. The van der Waals surface area contributed by atoms with Gasteiger partial charge in [0.25, 0.3) is 5.91 Å². The molecule has 0 radical (unpaired) electrons. The summed E-state index contributed by atoms with van der Waals surface area (Å²) in [7, 11) is 0. The lowest BCUT2D eigenvalue weighted by atomic mass is 9.81. The third-order valence-corrected chi connectivity index (χ3v) is 6.65. The maximum Gasteiger partial charge on any atom is 0.302 e. The molecule has 2 aliphatic rings. The van der Waals surface area contributed by atoms with Crippen molar-refractivity contribution in [3.8, 4) is 11.8 Å². The number of imidazole rings is 1. The van der Waals surface area contributed by atoms with Crippen molar-refractivity contribution < 1.29 is 29.3 Å². The summed E-state index contributed by atoms with van der Waals surface area (Å²) < 4.78 is 12.2. The van der Waals surface area contributed by atoms with Gasteiger partial charge in [-0.2, -0.15) is 0 Å². The predicted octanol–water partition coefficient (Wildman–Crippen LogP) is 0.275. The van der Waals surface area contributed by atoms with Gasteiger partial charge in [0.05, 0.1) is 12.9 Å². The van der Waals surface area contributed by atoms with E-state index in [2.05, 4.69) is 32.1 Å². The molecule has 12 nitrogen and oxygen atoms in total. The van der Waals surface area contributed by atoms with Crippen LogP contribution in [-0.4, -0.2) is 73.1 Å². The molecule has 1 unspecified atom stereocenters. The van der Waals surface area contributed by atoms with Crippen molar-refractivity contribution in [1.29, 1.82) is 0 Å². The first-order chi connectivity index (χ1) is 17.3. The summed E-state index contributed by atoms with van der Waals surface area (Å²) in [6.45, 7) is 4.02. The normalized spacial score (nSPS) is 27.9. The van der Waals surface area contributed by atoms with E-state index in [0.717, 1.165) is 25.7 Å². The van der Waals surface area contributed by atoms with Crippen molar-refractivity contribution in [1.82, 2.24) is 24.8 Å². The number of likely N-dealkylation sites (N-methyl/N-ethyl adjacent to an activating group) is 1. The first-order valence-corrected chi connectivity index (χ1v) is 12.2. The number of ether oxygens (including phenoxy) is 2. The minimum Gasteiger partial charge on any atom is -0.466 e. The number of aliphatic hydroxyl groups is 2. The molecule has 2 aromatic rings. The van der Waals surface area contributed by atoms with Crippen molar-refractivity contribution in [3.05, 3.63) is 12.2 Å². The average Bonchev–Trinajstić information content (AvgIpc) is 3.40. The number of nitrogen functional groups attached to an aromatic ring is 1. The van der Waals surface area contributed by atoms with Gasteiger partial charge < -0.3 is 30.7 Å². The Morgan fingerprint density at radius 2 is 1.94 bits per heavy atom. The van der Waals surface area contributed by atoms with Gasteiger partial charge in [-0.15, -0.1) is 0 Å². The number of fused-ring (bicyclic) bond motifs is 1. The molecule has 3 heterocycles. The molecule has 0 aromatic carbocycles. The van der Waals surface area contributed by atoms with E-state index in [1.165, 1.54) is 17.8 Å². The summed E-state index contributed by atoms with van der Waals surface area (Å²) in [5.74, 6) is 6.54. The van der Waals surface area contributed by atoms with Crippen molar-refractivity contribution in [3.63, 3.8) is 0 Å². The second-order valence-electron chi connectivity index (χ2n) is 9.27. The molecule has 2 aromatic heterocycles. The van der Waals surface area contributed by atoms with E-state index in [1.54, 1.807) is 6.92 Å². The Balaban J connectivity index is 1.45. The lowest BCUT2D eigenvalue weighted by Gasteiger charge is -2.26. The van der Waals surface area contributed by atoms with Crippen LogP contribution in [0.5, 0.6) is 0 Å². The summed E-state index contributed by atoms with van der Waals surface area (Å²) in [6.07, 6.45) is 0.983. The van der Waals surface area contributed by atoms with Gasteiger partial charge in [0, 0.05) is 19.9 Å². The van der Waals surface area contributed by atoms with Gasteiger partial charge >= 0.3 is 5.97 Å². The smallest absolute Gasteiger partial charge is 0.302 e. The van der Waals surface area contributed by atoms with Crippen LogP contribution in [-0.2, 0) is 19.1 Å². The third kappa shape index (κ3) is 5.59. The molecule has 1 saturated carbocycles. The topological polar surface area (TPSA) is 175 Å². The monoisotopic (exact) mass is 500 g/mol. The first-order valence-electron chi connectivity index (χ1n) is 12.2. The van der Waals surface area contributed by atoms with Crippen molar-refractivity contribution in [2.45, 2.75) is 70.5 Å². The van der Waals surface area contributed by atoms with Gasteiger partial charge in [-0.05, 0) is 50.4 Å². The summed E-state index contributed by atoms with van der Waals surface area (Å²) in [5.41, 5.74) is 6.67. The molecule has 1 aliphatic heterocycles. The fourth-order valence-electron chi connectivity index (χ4n) is 4.67. The molecule has 0 bridgehead atoms. The molecule has 5 N–H and O–H groups in total. The van der Waals surface area contributed by atoms with Crippen LogP contribution in [0.3, 0.4) is 0 Å². The quantitative estimate of drug-likeness (QED) is 0.318. The van der Waals surface area contributed by atoms with Crippen LogP contribution in [0.2, 0.25) is 0 Å². The number of nitrogens with zero attached hydrogens (tertiary/aromatic N) is 4. The highest BCUT2D eigenvalue weighted by Gasteiger charge is 2.47. The van der Waals surface area contributed by atoms with Crippen molar-refractivity contribution in [2.75, 3.05) is 18.9 Å². The molecule has 4 atom stereocenters. The number of hydrogen-bond donors (Lipinski definition) is 4. The number of nitrogens with one attached hydrogen (secondary N) is 1. The minimum absolute atomic E-state index is 0.127. The molecular formula is C24H32N6O6. The van der Waals surface area contributed by atoms with E-state index in [4.69, 9.17) is 15.2 Å². The van der Waals surface area contributed by atoms with E-state index in [9.17, 15) is 19.8 Å². The average molecular weight is 501 g/mol. The third-order valence-electron chi connectivity index (χ3n) is 6.65. The highest BCUT2D eigenvalue weighted by molar-refractivity contribution is 5.83. The Hall–Kier alpha value is -3.27. The number of carbonyl (C=O) groups is 2. The summed E-state index contributed by atoms with van der Waals surface area (Å²) >= 11 is 0. The Bertz CT molecular complexity index is 1170. The van der Waals surface area contributed by atoms with Crippen LogP contribution in [0.25, 0.3) is 11.2 Å². The minimum atomic E-state index is -1.42. The Morgan fingerprint density at radius 3 is 2.64 bits per heavy atom. The summed E-state index contributed by atoms with van der Waals surface area (Å²) in [5, 5.41) is 23.5.